The summed E-state index contributed by atoms with van der Waals surface area (Å²) in [6.07, 6.45) is 4.70. The summed E-state index contributed by atoms with van der Waals surface area (Å²) < 4.78 is 4.89. The largest absolute Gasteiger partial charge is 0.368 e. The molecule has 1 aromatic heterocycles. The molecule has 1 N–H and O–H groups in total. The van der Waals surface area contributed by atoms with Gasteiger partial charge in [-0.2, -0.15) is 0 Å². The smallest absolute Gasteiger partial charge is 0.287 e. The van der Waals surface area contributed by atoms with Crippen LogP contribution in [0.2, 0.25) is 0 Å². The van der Waals surface area contributed by atoms with E-state index in [-0.39, 0.29) is 12.4 Å². The van der Waals surface area contributed by atoms with Gasteiger partial charge < -0.3 is 9.53 Å². The van der Waals surface area contributed by atoms with Crippen LogP contribution in [0.5, 0.6) is 0 Å². The number of ketones is 1. The molecular weight excluding hydrogens is 334 g/mol. The Morgan fingerprint density at radius 1 is 1.19 bits per heavy atom. The first-order valence-electron chi connectivity index (χ1n) is 7.86. The molecule has 7 nitrogen and oxygen atoms in total. The molecule has 7 heteroatoms. The summed E-state index contributed by atoms with van der Waals surface area (Å²) >= 11 is 0. The molecule has 0 saturated heterocycles. The molecule has 0 fully saturated rings. The molecular formula is C19H19N3O4. The van der Waals surface area contributed by atoms with Crippen molar-refractivity contribution in [1.29, 1.82) is 0 Å². The number of ether oxygens (including phenoxy) is 1. The summed E-state index contributed by atoms with van der Waals surface area (Å²) in [4.78, 5) is 40.6. The third kappa shape index (κ3) is 5.17. The van der Waals surface area contributed by atoms with E-state index in [9.17, 15) is 14.4 Å². The molecule has 26 heavy (non-hydrogen) atoms. The summed E-state index contributed by atoms with van der Waals surface area (Å²) in [6.45, 7) is -0.0570. The third-order valence-corrected chi connectivity index (χ3v) is 3.42. The number of hydrazine groups is 1. The molecule has 0 aliphatic heterocycles. The van der Waals surface area contributed by atoms with Gasteiger partial charge in [-0.15, -0.1) is 0 Å². The molecule has 1 aromatic carbocycles. The normalized spacial score (nSPS) is 11.9. The highest BCUT2D eigenvalue weighted by Crippen LogP contribution is 2.07. The maximum atomic E-state index is 12.6. The molecule has 0 radical (unpaired) electrons. The number of amides is 1. The summed E-state index contributed by atoms with van der Waals surface area (Å²) in [5, 5.41) is 0.927. The van der Waals surface area contributed by atoms with Gasteiger partial charge in [0.2, 0.25) is 0 Å². The molecule has 1 amide bonds. The predicted octanol–water partition coefficient (Wildman–Crippen LogP) is 1.48. The van der Waals surface area contributed by atoms with Gasteiger partial charge in [0.25, 0.3) is 5.91 Å². The lowest BCUT2D eigenvalue weighted by atomic mass is 10.1. The lowest BCUT2D eigenvalue weighted by molar-refractivity contribution is -0.126. The molecule has 2 rings (SSSR count). The summed E-state index contributed by atoms with van der Waals surface area (Å²) in [7, 11) is 1.42. The van der Waals surface area contributed by atoms with E-state index >= 15 is 0 Å². The minimum Gasteiger partial charge on any atom is -0.368 e. The van der Waals surface area contributed by atoms with Gasteiger partial charge in [0.1, 0.15) is 12.4 Å². The van der Waals surface area contributed by atoms with Crippen LogP contribution in [0.15, 0.2) is 60.8 Å². The van der Waals surface area contributed by atoms with Crippen molar-refractivity contribution in [2.45, 2.75) is 6.04 Å². The second-order valence-electron chi connectivity index (χ2n) is 5.21. The quantitative estimate of drug-likeness (QED) is 0.242. The van der Waals surface area contributed by atoms with Gasteiger partial charge in [0.05, 0.1) is 0 Å². The Morgan fingerprint density at radius 2 is 1.92 bits per heavy atom. The van der Waals surface area contributed by atoms with Crippen LogP contribution < -0.4 is 5.43 Å². The fourth-order valence-electron chi connectivity index (χ4n) is 2.14. The van der Waals surface area contributed by atoms with Crippen LogP contribution in [0.3, 0.4) is 0 Å². The van der Waals surface area contributed by atoms with Gasteiger partial charge in [0, 0.05) is 13.3 Å². The lowest BCUT2D eigenvalue weighted by Crippen LogP contribution is -2.54. The molecule has 0 aliphatic carbocycles. The van der Waals surface area contributed by atoms with Crippen LogP contribution in [0.25, 0.3) is 6.08 Å². The highest BCUT2D eigenvalue weighted by molar-refractivity contribution is 6.09. The molecule has 2 aromatic rings. The van der Waals surface area contributed by atoms with Gasteiger partial charge in [0.15, 0.2) is 18.1 Å². The molecule has 0 aliphatic rings. The Hall–Kier alpha value is -3.16. The van der Waals surface area contributed by atoms with Crippen LogP contribution in [-0.4, -0.2) is 47.9 Å². The summed E-state index contributed by atoms with van der Waals surface area (Å²) in [5.74, 6) is -1.15. The van der Waals surface area contributed by atoms with Gasteiger partial charge in [-0.05, 0) is 23.8 Å². The van der Waals surface area contributed by atoms with Crippen molar-refractivity contribution in [3.05, 3.63) is 72.1 Å². The predicted molar refractivity (Wildman–Crippen MR) is 95.8 cm³/mol. The minimum absolute atomic E-state index is 0.0570. The summed E-state index contributed by atoms with van der Waals surface area (Å²) in [5.41, 5.74) is 3.54. The van der Waals surface area contributed by atoms with E-state index in [1.54, 1.807) is 18.2 Å². The zero-order valence-electron chi connectivity index (χ0n) is 14.2. The highest BCUT2D eigenvalue weighted by atomic mass is 16.5. The zero-order valence-corrected chi connectivity index (χ0v) is 14.2. The SMILES string of the molecule is COCNN(C(=O)c1ccccn1)C(C=O)C(=O)C=Cc1ccccc1. The number of nitrogens with zero attached hydrogens (tertiary/aromatic N) is 2. The average molecular weight is 353 g/mol. The molecule has 1 heterocycles. The summed E-state index contributed by atoms with van der Waals surface area (Å²) in [6, 6.07) is 12.6. The number of nitrogens with one attached hydrogen (secondary N) is 1. The minimum atomic E-state index is -1.35. The maximum absolute atomic E-state index is 12.6. The highest BCUT2D eigenvalue weighted by Gasteiger charge is 2.29. The van der Waals surface area contributed by atoms with Crippen molar-refractivity contribution >= 4 is 24.1 Å². The van der Waals surface area contributed by atoms with Gasteiger partial charge in [-0.25, -0.2) is 5.43 Å². The Morgan fingerprint density at radius 3 is 2.54 bits per heavy atom. The number of hydrogen-bond donors (Lipinski definition) is 1. The number of pyridine rings is 1. The number of carbonyl (C=O) groups is 3. The second-order valence-corrected chi connectivity index (χ2v) is 5.21. The topological polar surface area (TPSA) is 88.6 Å². The molecule has 1 unspecified atom stereocenters. The Balaban J connectivity index is 2.22. The Labute approximate surface area is 151 Å². The van der Waals surface area contributed by atoms with Gasteiger partial charge in [-0.1, -0.05) is 42.5 Å². The van der Waals surface area contributed by atoms with Crippen LogP contribution in [-0.2, 0) is 14.3 Å². The van der Waals surface area contributed by atoms with Crippen LogP contribution >= 0.6 is 0 Å². The fraction of sp³-hybridized carbons (Fsp3) is 0.158. The van der Waals surface area contributed by atoms with Crippen molar-refractivity contribution < 1.29 is 19.1 Å². The number of aldehydes is 1. The fourth-order valence-corrected chi connectivity index (χ4v) is 2.14. The van der Waals surface area contributed by atoms with Crippen LogP contribution in [0, 0.1) is 0 Å². The number of benzene rings is 1. The number of aromatic nitrogens is 1. The van der Waals surface area contributed by atoms with Crippen molar-refractivity contribution in [2.24, 2.45) is 0 Å². The standard InChI is InChI=1S/C19H19N3O4/c1-26-14-21-22(19(25)16-9-5-6-12-20-16)17(13-23)18(24)11-10-15-7-3-2-4-8-15/h2-13,17,21H,14H2,1H3. The zero-order chi connectivity index (χ0) is 18.8. The average Bonchev–Trinajstić information content (AvgIpc) is 2.70. The molecule has 134 valence electrons. The third-order valence-electron chi connectivity index (χ3n) is 3.42. The first-order valence-corrected chi connectivity index (χ1v) is 7.86. The molecule has 0 saturated carbocycles. The van der Waals surface area contributed by atoms with Gasteiger partial charge >= 0.3 is 0 Å². The number of rotatable bonds is 9. The van der Waals surface area contributed by atoms with Crippen molar-refractivity contribution in [1.82, 2.24) is 15.4 Å². The van der Waals surface area contributed by atoms with E-state index < -0.39 is 17.7 Å². The van der Waals surface area contributed by atoms with E-state index in [4.69, 9.17) is 4.74 Å². The second kappa shape index (κ2) is 9.97. The maximum Gasteiger partial charge on any atom is 0.287 e. The van der Waals surface area contributed by atoms with E-state index in [0.717, 1.165) is 10.6 Å². The van der Waals surface area contributed by atoms with Crippen molar-refractivity contribution in [3.63, 3.8) is 0 Å². The molecule has 0 spiro atoms. The van der Waals surface area contributed by atoms with Crippen LogP contribution in [0.1, 0.15) is 16.1 Å². The van der Waals surface area contributed by atoms with Crippen LogP contribution in [0.4, 0.5) is 0 Å². The van der Waals surface area contributed by atoms with E-state index in [1.165, 1.54) is 25.4 Å². The monoisotopic (exact) mass is 353 g/mol. The van der Waals surface area contributed by atoms with Crippen molar-refractivity contribution in [3.8, 4) is 0 Å². The number of methoxy groups -OCH3 is 1. The lowest BCUT2D eigenvalue weighted by Gasteiger charge is -2.26. The van der Waals surface area contributed by atoms with E-state index in [2.05, 4.69) is 10.4 Å². The molecule has 1 atom stereocenters. The molecule has 0 bridgehead atoms. The van der Waals surface area contributed by atoms with Gasteiger partial charge in [-0.3, -0.25) is 19.6 Å². The number of hydrogen-bond acceptors (Lipinski definition) is 6. The first kappa shape index (κ1) is 19.2. The Kier molecular flexibility index (Phi) is 7.35. The number of carbonyl (C=O) groups excluding carboxylic acids is 3. The van der Waals surface area contributed by atoms with Crippen molar-refractivity contribution in [2.75, 3.05) is 13.8 Å². The first-order chi connectivity index (χ1) is 12.7. The Bertz CT molecular complexity index is 763. The van der Waals surface area contributed by atoms with E-state index in [1.807, 2.05) is 30.3 Å². The van der Waals surface area contributed by atoms with E-state index in [0.29, 0.717) is 6.29 Å².